The van der Waals surface area contributed by atoms with Crippen molar-refractivity contribution < 1.29 is 9.59 Å². The molecule has 0 saturated heterocycles. The molecule has 20 heavy (non-hydrogen) atoms. The zero-order valence-electron chi connectivity index (χ0n) is 11.8. The standard InChI is InChI=1S/C14H25N3O2.ClH/c15-11-5-1-4-10(7-11)14(19)17-12-6-2-3-9(8-12)13(16)18;/h9-12H,1-8,15H2,(H2,16,18)(H,17,19);1H. The highest BCUT2D eigenvalue weighted by Crippen LogP contribution is 2.26. The number of hydrogen-bond acceptors (Lipinski definition) is 3. The average molecular weight is 304 g/mol. The molecule has 2 saturated carbocycles. The molecule has 0 spiro atoms. The van der Waals surface area contributed by atoms with Crippen LogP contribution in [0.25, 0.3) is 0 Å². The first-order valence-corrected chi connectivity index (χ1v) is 7.41. The van der Waals surface area contributed by atoms with Crippen LogP contribution in [-0.2, 0) is 9.59 Å². The second kappa shape index (κ2) is 7.84. The van der Waals surface area contributed by atoms with E-state index < -0.39 is 0 Å². The second-order valence-electron chi connectivity index (χ2n) is 6.10. The molecule has 2 aliphatic rings. The molecule has 2 amide bonds. The van der Waals surface area contributed by atoms with Crippen LogP contribution in [0.4, 0.5) is 0 Å². The van der Waals surface area contributed by atoms with E-state index in [-0.39, 0.29) is 48.1 Å². The van der Waals surface area contributed by atoms with Crippen molar-refractivity contribution in [3.05, 3.63) is 0 Å². The molecule has 2 aliphatic carbocycles. The molecule has 0 aromatic rings. The Balaban J connectivity index is 0.00000200. The Morgan fingerprint density at radius 3 is 2.25 bits per heavy atom. The maximum Gasteiger partial charge on any atom is 0.223 e. The fourth-order valence-corrected chi connectivity index (χ4v) is 3.36. The zero-order chi connectivity index (χ0) is 13.8. The van der Waals surface area contributed by atoms with Crippen LogP contribution in [0, 0.1) is 11.8 Å². The summed E-state index contributed by atoms with van der Waals surface area (Å²) < 4.78 is 0. The van der Waals surface area contributed by atoms with Crippen molar-refractivity contribution in [1.82, 2.24) is 5.32 Å². The van der Waals surface area contributed by atoms with E-state index in [1.54, 1.807) is 0 Å². The summed E-state index contributed by atoms with van der Waals surface area (Å²) in [6, 6.07) is 0.270. The lowest BCUT2D eigenvalue weighted by Gasteiger charge is -2.31. The van der Waals surface area contributed by atoms with Gasteiger partial charge in [-0.3, -0.25) is 9.59 Å². The van der Waals surface area contributed by atoms with Crippen LogP contribution in [0.2, 0.25) is 0 Å². The molecule has 2 rings (SSSR count). The number of hydrogen-bond donors (Lipinski definition) is 3. The van der Waals surface area contributed by atoms with Gasteiger partial charge >= 0.3 is 0 Å². The highest BCUT2D eigenvalue weighted by atomic mass is 35.5. The van der Waals surface area contributed by atoms with Crippen LogP contribution in [0.3, 0.4) is 0 Å². The minimum absolute atomic E-state index is 0. The molecule has 0 aliphatic heterocycles. The molecule has 6 heteroatoms. The van der Waals surface area contributed by atoms with E-state index in [9.17, 15) is 9.59 Å². The fraction of sp³-hybridized carbons (Fsp3) is 0.857. The van der Waals surface area contributed by atoms with Crippen molar-refractivity contribution in [2.75, 3.05) is 0 Å². The fourth-order valence-electron chi connectivity index (χ4n) is 3.36. The second-order valence-corrected chi connectivity index (χ2v) is 6.10. The van der Waals surface area contributed by atoms with Gasteiger partial charge in [-0.25, -0.2) is 0 Å². The van der Waals surface area contributed by atoms with Crippen LogP contribution in [0.5, 0.6) is 0 Å². The smallest absolute Gasteiger partial charge is 0.223 e. The molecule has 0 heterocycles. The van der Waals surface area contributed by atoms with Gasteiger partial charge in [0.25, 0.3) is 0 Å². The highest BCUT2D eigenvalue weighted by molar-refractivity contribution is 5.85. The van der Waals surface area contributed by atoms with Crippen LogP contribution in [0.1, 0.15) is 51.4 Å². The molecule has 5 nitrogen and oxygen atoms in total. The van der Waals surface area contributed by atoms with E-state index in [0.29, 0.717) is 6.42 Å². The van der Waals surface area contributed by atoms with Crippen molar-refractivity contribution in [2.45, 2.75) is 63.5 Å². The van der Waals surface area contributed by atoms with Crippen LogP contribution >= 0.6 is 12.4 Å². The van der Waals surface area contributed by atoms with Gasteiger partial charge in [0.15, 0.2) is 0 Å². The number of nitrogens with one attached hydrogen (secondary N) is 1. The summed E-state index contributed by atoms with van der Waals surface area (Å²) in [5, 5.41) is 3.09. The molecule has 0 bridgehead atoms. The molecule has 4 unspecified atom stereocenters. The summed E-state index contributed by atoms with van der Waals surface area (Å²) in [5.41, 5.74) is 11.3. The molecule has 5 N–H and O–H groups in total. The maximum atomic E-state index is 12.2. The van der Waals surface area contributed by atoms with E-state index in [0.717, 1.165) is 44.9 Å². The Morgan fingerprint density at radius 1 is 0.950 bits per heavy atom. The molecule has 116 valence electrons. The third-order valence-electron chi connectivity index (χ3n) is 4.51. The first-order valence-electron chi connectivity index (χ1n) is 7.41. The predicted octanol–water partition coefficient (Wildman–Crippen LogP) is 1.09. The summed E-state index contributed by atoms with van der Waals surface area (Å²) in [6.45, 7) is 0. The van der Waals surface area contributed by atoms with Crippen molar-refractivity contribution in [2.24, 2.45) is 23.3 Å². The highest BCUT2D eigenvalue weighted by Gasteiger charge is 2.30. The topological polar surface area (TPSA) is 98.2 Å². The Labute approximate surface area is 126 Å². The SMILES string of the molecule is Cl.NC(=O)C1CCCC(NC(=O)C2CCCC(N)C2)C1. The molecule has 4 atom stereocenters. The molecule has 0 aromatic carbocycles. The van der Waals surface area contributed by atoms with Crippen LogP contribution in [-0.4, -0.2) is 23.9 Å². The lowest BCUT2D eigenvalue weighted by Crippen LogP contribution is -2.45. The molecular weight excluding hydrogens is 278 g/mol. The third kappa shape index (κ3) is 4.63. The Hall–Kier alpha value is -0.810. The van der Waals surface area contributed by atoms with Crippen molar-refractivity contribution >= 4 is 24.2 Å². The van der Waals surface area contributed by atoms with Gasteiger partial charge in [-0.15, -0.1) is 12.4 Å². The monoisotopic (exact) mass is 303 g/mol. The summed E-state index contributed by atoms with van der Waals surface area (Å²) in [4.78, 5) is 23.4. The van der Waals surface area contributed by atoms with Crippen molar-refractivity contribution in [1.29, 1.82) is 0 Å². The predicted molar refractivity (Wildman–Crippen MR) is 80.3 cm³/mol. The lowest BCUT2D eigenvalue weighted by molar-refractivity contribution is -0.128. The van der Waals surface area contributed by atoms with Gasteiger partial charge in [0, 0.05) is 23.9 Å². The Morgan fingerprint density at radius 2 is 1.60 bits per heavy atom. The number of nitrogens with two attached hydrogens (primary N) is 2. The first-order chi connectivity index (χ1) is 9.06. The summed E-state index contributed by atoms with van der Waals surface area (Å²) >= 11 is 0. The van der Waals surface area contributed by atoms with E-state index in [1.807, 2.05) is 0 Å². The van der Waals surface area contributed by atoms with Crippen molar-refractivity contribution in [3.8, 4) is 0 Å². The molecular formula is C14H26ClN3O2. The average Bonchev–Trinajstić information content (AvgIpc) is 2.39. The van der Waals surface area contributed by atoms with E-state index in [4.69, 9.17) is 11.5 Å². The number of rotatable bonds is 3. The summed E-state index contributed by atoms with van der Waals surface area (Å²) in [5.74, 6) is -0.144. The minimum Gasteiger partial charge on any atom is -0.369 e. The van der Waals surface area contributed by atoms with Crippen molar-refractivity contribution in [3.63, 3.8) is 0 Å². The Kier molecular flexibility index (Phi) is 6.76. The van der Waals surface area contributed by atoms with Gasteiger partial charge in [0.05, 0.1) is 0 Å². The lowest BCUT2D eigenvalue weighted by atomic mass is 9.83. The van der Waals surface area contributed by atoms with Gasteiger partial charge in [0.1, 0.15) is 0 Å². The third-order valence-corrected chi connectivity index (χ3v) is 4.51. The number of amides is 2. The zero-order valence-corrected chi connectivity index (χ0v) is 12.7. The van der Waals surface area contributed by atoms with Crippen LogP contribution in [0.15, 0.2) is 0 Å². The summed E-state index contributed by atoms with van der Waals surface area (Å²) in [6.07, 6.45) is 7.25. The minimum atomic E-state index is -0.237. The normalized spacial score (nSPS) is 33.9. The molecule has 0 radical (unpaired) electrons. The van der Waals surface area contributed by atoms with Gasteiger partial charge in [-0.1, -0.05) is 12.8 Å². The van der Waals surface area contributed by atoms with Crippen LogP contribution < -0.4 is 16.8 Å². The van der Waals surface area contributed by atoms with Gasteiger partial charge in [0.2, 0.25) is 11.8 Å². The number of carbonyl (C=O) groups excluding carboxylic acids is 2. The molecule has 2 fully saturated rings. The quantitative estimate of drug-likeness (QED) is 0.727. The van der Waals surface area contributed by atoms with E-state index in [1.165, 1.54) is 0 Å². The van der Waals surface area contributed by atoms with Gasteiger partial charge < -0.3 is 16.8 Å². The first kappa shape index (κ1) is 17.2. The van der Waals surface area contributed by atoms with E-state index in [2.05, 4.69) is 5.32 Å². The number of carbonyl (C=O) groups is 2. The number of halogens is 1. The van der Waals surface area contributed by atoms with Gasteiger partial charge in [-0.05, 0) is 38.5 Å². The number of primary amides is 1. The van der Waals surface area contributed by atoms with E-state index >= 15 is 0 Å². The summed E-state index contributed by atoms with van der Waals surface area (Å²) in [7, 11) is 0. The largest absolute Gasteiger partial charge is 0.369 e. The molecule has 0 aromatic heterocycles. The van der Waals surface area contributed by atoms with Gasteiger partial charge in [-0.2, -0.15) is 0 Å². The maximum absolute atomic E-state index is 12.2. The Bertz CT molecular complexity index is 351.